The molecular weight excluding hydrogens is 267 g/mol. The molecule has 3 heteroatoms. The zero-order valence-corrected chi connectivity index (χ0v) is 11.9. The quantitative estimate of drug-likeness (QED) is 0.612. The molecule has 0 aromatic heterocycles. The third-order valence-electron chi connectivity index (χ3n) is 3.21. The minimum Gasteiger partial charge on any atom is -0.466 e. The number of halogens is 1. The van der Waals surface area contributed by atoms with Gasteiger partial charge < -0.3 is 4.74 Å². The van der Waals surface area contributed by atoms with E-state index in [-0.39, 0.29) is 5.82 Å². The molecule has 0 atom stereocenters. The van der Waals surface area contributed by atoms with E-state index in [1.807, 2.05) is 30.3 Å². The Hall–Kier alpha value is -2.42. The third kappa shape index (κ3) is 4.28. The first kappa shape index (κ1) is 15.0. The van der Waals surface area contributed by atoms with Gasteiger partial charge in [-0.25, -0.2) is 9.18 Å². The number of hydrogen-bond donors (Lipinski definition) is 0. The van der Waals surface area contributed by atoms with Crippen molar-refractivity contribution in [1.82, 2.24) is 0 Å². The van der Waals surface area contributed by atoms with Crippen molar-refractivity contribution >= 4 is 12.0 Å². The molecule has 2 aromatic carbocycles. The van der Waals surface area contributed by atoms with E-state index in [2.05, 4.69) is 0 Å². The molecule has 0 bridgehead atoms. The molecule has 0 amide bonds. The number of rotatable bonds is 5. The first-order valence-corrected chi connectivity index (χ1v) is 6.78. The van der Waals surface area contributed by atoms with Crippen molar-refractivity contribution in [2.45, 2.75) is 12.8 Å². The molecule has 21 heavy (non-hydrogen) atoms. The maximum Gasteiger partial charge on any atom is 0.333 e. The Bertz CT molecular complexity index is 633. The molecule has 0 N–H and O–H groups in total. The Morgan fingerprint density at radius 2 is 1.76 bits per heavy atom. The van der Waals surface area contributed by atoms with E-state index in [0.717, 1.165) is 5.56 Å². The number of esters is 1. The van der Waals surface area contributed by atoms with Crippen LogP contribution in [0, 0.1) is 5.82 Å². The van der Waals surface area contributed by atoms with Crippen LogP contribution in [0.4, 0.5) is 4.39 Å². The monoisotopic (exact) mass is 284 g/mol. The van der Waals surface area contributed by atoms with Gasteiger partial charge in [-0.15, -0.1) is 0 Å². The summed E-state index contributed by atoms with van der Waals surface area (Å²) in [7, 11) is 1.33. The summed E-state index contributed by atoms with van der Waals surface area (Å²) in [5.74, 6) is -0.771. The van der Waals surface area contributed by atoms with Crippen molar-refractivity contribution in [2.24, 2.45) is 0 Å². The number of benzene rings is 2. The lowest BCUT2D eigenvalue weighted by molar-refractivity contribution is -0.136. The minimum absolute atomic E-state index is 0.349. The van der Waals surface area contributed by atoms with Gasteiger partial charge in [0, 0.05) is 11.1 Å². The Morgan fingerprint density at radius 1 is 1.10 bits per heavy atom. The predicted molar refractivity (Wildman–Crippen MR) is 81.2 cm³/mol. The molecule has 0 saturated carbocycles. The molecule has 2 nitrogen and oxygen atoms in total. The molecule has 0 aliphatic rings. The second-order valence-electron chi connectivity index (χ2n) is 4.67. The van der Waals surface area contributed by atoms with E-state index in [9.17, 15) is 9.18 Å². The van der Waals surface area contributed by atoms with Gasteiger partial charge in [-0.2, -0.15) is 0 Å². The zero-order chi connectivity index (χ0) is 15.1. The van der Waals surface area contributed by atoms with E-state index in [0.29, 0.717) is 24.0 Å². The number of methoxy groups -OCH3 is 1. The number of ether oxygens (including phenoxy) is 1. The summed E-state index contributed by atoms with van der Waals surface area (Å²) < 4.78 is 18.5. The lowest BCUT2D eigenvalue weighted by atomic mass is 10.0. The van der Waals surface area contributed by atoms with E-state index in [1.165, 1.54) is 13.2 Å². The number of aryl methyl sites for hydroxylation is 1. The number of carbonyl (C=O) groups excluding carboxylic acids is 1. The van der Waals surface area contributed by atoms with Crippen molar-refractivity contribution in [2.75, 3.05) is 7.11 Å². The summed E-state index contributed by atoms with van der Waals surface area (Å²) in [5, 5.41) is 0. The minimum atomic E-state index is -0.422. The highest BCUT2D eigenvalue weighted by atomic mass is 19.1. The van der Waals surface area contributed by atoms with E-state index in [4.69, 9.17) is 4.74 Å². The lowest BCUT2D eigenvalue weighted by Gasteiger charge is -2.06. The van der Waals surface area contributed by atoms with Gasteiger partial charge in [-0.05, 0) is 30.5 Å². The molecule has 0 spiro atoms. The highest BCUT2D eigenvalue weighted by Crippen LogP contribution is 2.17. The molecule has 0 radical (unpaired) electrons. The largest absolute Gasteiger partial charge is 0.466 e. The van der Waals surface area contributed by atoms with Crippen LogP contribution in [0.1, 0.15) is 17.5 Å². The van der Waals surface area contributed by atoms with Gasteiger partial charge in [0.1, 0.15) is 5.82 Å². The van der Waals surface area contributed by atoms with Crippen LogP contribution in [0.5, 0.6) is 0 Å². The van der Waals surface area contributed by atoms with E-state index >= 15 is 0 Å². The van der Waals surface area contributed by atoms with Crippen LogP contribution in [0.25, 0.3) is 6.08 Å². The van der Waals surface area contributed by atoms with Crippen molar-refractivity contribution in [3.05, 3.63) is 77.1 Å². The Kier molecular flexibility index (Phi) is 5.27. The lowest BCUT2D eigenvalue weighted by Crippen LogP contribution is -2.06. The fraction of sp³-hybridized carbons (Fsp3) is 0.167. The summed E-state index contributed by atoms with van der Waals surface area (Å²) >= 11 is 0. The second-order valence-corrected chi connectivity index (χ2v) is 4.67. The Balaban J connectivity index is 2.19. The van der Waals surface area contributed by atoms with Crippen LogP contribution >= 0.6 is 0 Å². The summed E-state index contributed by atoms with van der Waals surface area (Å²) in [6.45, 7) is 0. The fourth-order valence-corrected chi connectivity index (χ4v) is 2.07. The topological polar surface area (TPSA) is 26.3 Å². The van der Waals surface area contributed by atoms with Gasteiger partial charge in [-0.1, -0.05) is 48.5 Å². The van der Waals surface area contributed by atoms with Crippen LogP contribution in [0.3, 0.4) is 0 Å². The summed E-state index contributed by atoms with van der Waals surface area (Å²) in [6.07, 6.45) is 2.77. The standard InChI is InChI=1S/C18H17FO2/c1-21-18(20)16(12-11-14-7-3-2-4-8-14)13-15-9-5-6-10-17(15)19/h2-10,13H,11-12H2,1H3/b16-13+. The van der Waals surface area contributed by atoms with E-state index in [1.54, 1.807) is 24.3 Å². The molecule has 0 fully saturated rings. The fourth-order valence-electron chi connectivity index (χ4n) is 2.07. The smallest absolute Gasteiger partial charge is 0.333 e. The predicted octanol–water partition coefficient (Wildman–Crippen LogP) is 4.01. The Labute approximate surface area is 123 Å². The van der Waals surface area contributed by atoms with Crippen LogP contribution in [0.15, 0.2) is 60.2 Å². The van der Waals surface area contributed by atoms with Gasteiger partial charge in [0.15, 0.2) is 0 Å². The van der Waals surface area contributed by atoms with Gasteiger partial charge in [-0.3, -0.25) is 0 Å². The van der Waals surface area contributed by atoms with Crippen molar-refractivity contribution in [3.8, 4) is 0 Å². The van der Waals surface area contributed by atoms with Crippen molar-refractivity contribution in [1.29, 1.82) is 0 Å². The SMILES string of the molecule is COC(=O)/C(=C/c1ccccc1F)CCc1ccccc1. The Morgan fingerprint density at radius 3 is 2.43 bits per heavy atom. The zero-order valence-electron chi connectivity index (χ0n) is 11.9. The average Bonchev–Trinajstić information content (AvgIpc) is 2.53. The van der Waals surface area contributed by atoms with Crippen LogP contribution in [-0.2, 0) is 16.0 Å². The van der Waals surface area contributed by atoms with Crippen LogP contribution < -0.4 is 0 Å². The number of carbonyl (C=O) groups is 1. The van der Waals surface area contributed by atoms with E-state index < -0.39 is 5.97 Å². The maximum atomic E-state index is 13.7. The first-order valence-electron chi connectivity index (χ1n) is 6.78. The summed E-state index contributed by atoms with van der Waals surface area (Å²) in [5.41, 5.74) is 1.98. The van der Waals surface area contributed by atoms with Gasteiger partial charge in [0.25, 0.3) is 0 Å². The molecule has 0 aliphatic carbocycles. The summed E-state index contributed by atoms with van der Waals surface area (Å²) in [4.78, 5) is 11.8. The van der Waals surface area contributed by atoms with Crippen molar-refractivity contribution in [3.63, 3.8) is 0 Å². The molecule has 2 rings (SSSR count). The van der Waals surface area contributed by atoms with Crippen LogP contribution in [-0.4, -0.2) is 13.1 Å². The molecule has 2 aromatic rings. The van der Waals surface area contributed by atoms with Gasteiger partial charge in [0.05, 0.1) is 7.11 Å². The molecule has 0 saturated heterocycles. The molecule has 0 heterocycles. The maximum absolute atomic E-state index is 13.7. The van der Waals surface area contributed by atoms with Gasteiger partial charge >= 0.3 is 5.97 Å². The molecule has 108 valence electrons. The molecule has 0 aliphatic heterocycles. The van der Waals surface area contributed by atoms with Gasteiger partial charge in [0.2, 0.25) is 0 Å². The van der Waals surface area contributed by atoms with Crippen LogP contribution in [0.2, 0.25) is 0 Å². The molecular formula is C18H17FO2. The highest BCUT2D eigenvalue weighted by molar-refractivity contribution is 5.93. The third-order valence-corrected chi connectivity index (χ3v) is 3.21. The van der Waals surface area contributed by atoms with Crippen molar-refractivity contribution < 1.29 is 13.9 Å². The molecule has 0 unspecified atom stereocenters. The normalized spacial score (nSPS) is 11.2. The second kappa shape index (κ2) is 7.39. The average molecular weight is 284 g/mol. The summed E-state index contributed by atoms with van der Waals surface area (Å²) in [6, 6.07) is 16.2. The highest BCUT2D eigenvalue weighted by Gasteiger charge is 2.11. The number of hydrogen-bond acceptors (Lipinski definition) is 2. The first-order chi connectivity index (χ1) is 10.2.